The van der Waals surface area contributed by atoms with Crippen molar-refractivity contribution in [2.75, 3.05) is 22.7 Å². The highest BCUT2D eigenvalue weighted by Crippen LogP contribution is 2.38. The fourth-order valence-electron chi connectivity index (χ4n) is 3.68. The molecule has 0 atom stereocenters. The zero-order chi connectivity index (χ0) is 22.7. The maximum atomic E-state index is 14.0. The molecule has 4 rings (SSSR count). The van der Waals surface area contributed by atoms with Crippen LogP contribution in [0, 0.1) is 12.7 Å². The zero-order valence-corrected chi connectivity index (χ0v) is 18.2. The van der Waals surface area contributed by atoms with Gasteiger partial charge in [0.15, 0.2) is 0 Å². The van der Waals surface area contributed by atoms with Gasteiger partial charge in [-0.15, -0.1) is 0 Å². The Labute approximate surface area is 188 Å². The standard InChI is InChI=1S/C23H22F4N4S/c1-15-16(7-5-8-18(15)24)22-17(23(25,26)27)11-12-19(28-22)30-32-21-10-6-9-20(29-21)31-13-3-2-4-14-31/h5-12H,2-4,13-14H2,1H3,(H,28,30). The number of hydrogen-bond acceptors (Lipinski definition) is 5. The molecule has 9 heteroatoms. The summed E-state index contributed by atoms with van der Waals surface area (Å²) in [6.07, 6.45) is -1.12. The van der Waals surface area contributed by atoms with E-state index in [-0.39, 0.29) is 22.6 Å². The van der Waals surface area contributed by atoms with Crippen molar-refractivity contribution in [2.24, 2.45) is 0 Å². The Bertz CT molecular complexity index is 1100. The maximum Gasteiger partial charge on any atom is 0.418 e. The number of halogens is 4. The van der Waals surface area contributed by atoms with Gasteiger partial charge in [0.2, 0.25) is 0 Å². The number of nitrogens with one attached hydrogen (secondary N) is 1. The second kappa shape index (κ2) is 9.36. The lowest BCUT2D eigenvalue weighted by Gasteiger charge is -2.27. The normalized spacial score (nSPS) is 14.5. The fraction of sp³-hybridized carbons (Fsp3) is 0.304. The quantitative estimate of drug-likeness (QED) is 0.337. The number of benzene rings is 1. The topological polar surface area (TPSA) is 41.1 Å². The highest BCUT2D eigenvalue weighted by atomic mass is 32.2. The molecule has 0 unspecified atom stereocenters. The molecule has 4 nitrogen and oxygen atoms in total. The first-order valence-electron chi connectivity index (χ1n) is 10.3. The van der Waals surface area contributed by atoms with Crippen LogP contribution in [0.4, 0.5) is 29.2 Å². The minimum Gasteiger partial charge on any atom is -0.357 e. The van der Waals surface area contributed by atoms with Crippen molar-refractivity contribution in [3.63, 3.8) is 0 Å². The maximum absolute atomic E-state index is 14.0. The summed E-state index contributed by atoms with van der Waals surface area (Å²) in [6, 6.07) is 12.0. The van der Waals surface area contributed by atoms with Crippen LogP contribution in [-0.4, -0.2) is 23.1 Å². The Morgan fingerprint density at radius 1 is 0.938 bits per heavy atom. The Morgan fingerprint density at radius 3 is 2.44 bits per heavy atom. The highest BCUT2D eigenvalue weighted by molar-refractivity contribution is 8.00. The lowest BCUT2D eigenvalue weighted by atomic mass is 10.0. The summed E-state index contributed by atoms with van der Waals surface area (Å²) >= 11 is 1.17. The van der Waals surface area contributed by atoms with Crippen LogP contribution in [0.5, 0.6) is 0 Å². The molecule has 1 N–H and O–H groups in total. The van der Waals surface area contributed by atoms with Crippen molar-refractivity contribution in [3.8, 4) is 11.3 Å². The summed E-state index contributed by atoms with van der Waals surface area (Å²) in [5, 5.41) is 0.679. The van der Waals surface area contributed by atoms with E-state index in [0.29, 0.717) is 5.03 Å². The third kappa shape index (κ3) is 4.98. The summed E-state index contributed by atoms with van der Waals surface area (Å²) in [5.74, 6) is 0.531. The highest BCUT2D eigenvalue weighted by Gasteiger charge is 2.35. The second-order valence-corrected chi connectivity index (χ2v) is 8.42. The first-order valence-corrected chi connectivity index (χ1v) is 11.1. The molecule has 2 aromatic heterocycles. The van der Waals surface area contributed by atoms with Crippen LogP contribution >= 0.6 is 11.9 Å². The van der Waals surface area contributed by atoms with Gasteiger partial charge in [0.25, 0.3) is 0 Å². The number of piperidine rings is 1. The van der Waals surface area contributed by atoms with E-state index in [1.165, 1.54) is 49.6 Å². The van der Waals surface area contributed by atoms with Crippen molar-refractivity contribution in [1.29, 1.82) is 0 Å². The van der Waals surface area contributed by atoms with Gasteiger partial charge in [0.1, 0.15) is 22.5 Å². The van der Waals surface area contributed by atoms with Gasteiger partial charge < -0.3 is 9.62 Å². The molecule has 0 radical (unpaired) electrons. The molecular formula is C23H22F4N4S. The Kier molecular flexibility index (Phi) is 6.55. The molecule has 1 saturated heterocycles. The van der Waals surface area contributed by atoms with Crippen LogP contribution in [0.25, 0.3) is 11.3 Å². The third-order valence-corrected chi connectivity index (χ3v) is 6.12. The van der Waals surface area contributed by atoms with E-state index in [0.717, 1.165) is 37.8 Å². The summed E-state index contributed by atoms with van der Waals surface area (Å²) in [6.45, 7) is 3.37. The molecule has 0 spiro atoms. The number of alkyl halides is 3. The van der Waals surface area contributed by atoms with Gasteiger partial charge in [-0.05, 0) is 62.1 Å². The van der Waals surface area contributed by atoms with Crippen LogP contribution in [0.3, 0.4) is 0 Å². The predicted molar refractivity (Wildman–Crippen MR) is 119 cm³/mol. The number of hydrogen-bond donors (Lipinski definition) is 1. The van der Waals surface area contributed by atoms with Gasteiger partial charge in [0.05, 0.1) is 11.3 Å². The summed E-state index contributed by atoms with van der Waals surface area (Å²) in [5.41, 5.74) is -0.996. The molecule has 1 aliphatic rings. The van der Waals surface area contributed by atoms with Crippen LogP contribution in [0.1, 0.15) is 30.4 Å². The van der Waals surface area contributed by atoms with Gasteiger partial charge >= 0.3 is 6.18 Å². The summed E-state index contributed by atoms with van der Waals surface area (Å²) in [7, 11) is 0. The van der Waals surface area contributed by atoms with Gasteiger partial charge in [-0.2, -0.15) is 13.2 Å². The number of aromatic nitrogens is 2. The Balaban J connectivity index is 1.59. The molecule has 32 heavy (non-hydrogen) atoms. The lowest BCUT2D eigenvalue weighted by molar-refractivity contribution is -0.137. The van der Waals surface area contributed by atoms with Crippen molar-refractivity contribution in [1.82, 2.24) is 9.97 Å². The zero-order valence-electron chi connectivity index (χ0n) is 17.4. The molecule has 0 saturated carbocycles. The van der Waals surface area contributed by atoms with Crippen molar-refractivity contribution >= 4 is 23.6 Å². The van der Waals surface area contributed by atoms with Crippen LogP contribution in [0.2, 0.25) is 0 Å². The molecule has 3 heterocycles. The minimum atomic E-state index is -4.61. The van der Waals surface area contributed by atoms with Gasteiger partial charge in [0, 0.05) is 30.6 Å². The monoisotopic (exact) mass is 462 g/mol. The molecule has 0 amide bonds. The van der Waals surface area contributed by atoms with Gasteiger partial charge in [-0.1, -0.05) is 18.2 Å². The van der Waals surface area contributed by atoms with Crippen LogP contribution in [0.15, 0.2) is 53.6 Å². The first kappa shape index (κ1) is 22.4. The molecular weight excluding hydrogens is 440 g/mol. The van der Waals surface area contributed by atoms with Gasteiger partial charge in [-0.25, -0.2) is 14.4 Å². The van der Waals surface area contributed by atoms with Crippen molar-refractivity contribution < 1.29 is 17.6 Å². The lowest BCUT2D eigenvalue weighted by Crippen LogP contribution is -2.30. The van der Waals surface area contributed by atoms with Crippen LogP contribution < -0.4 is 9.62 Å². The number of anilines is 2. The average Bonchev–Trinajstić information content (AvgIpc) is 2.79. The smallest absolute Gasteiger partial charge is 0.357 e. The Hall–Kier alpha value is -2.81. The summed E-state index contributed by atoms with van der Waals surface area (Å²) < 4.78 is 57.8. The largest absolute Gasteiger partial charge is 0.418 e. The molecule has 1 aromatic carbocycles. The van der Waals surface area contributed by atoms with E-state index in [1.807, 2.05) is 18.2 Å². The Morgan fingerprint density at radius 2 is 1.69 bits per heavy atom. The van der Waals surface area contributed by atoms with E-state index in [1.54, 1.807) is 0 Å². The molecule has 0 aliphatic carbocycles. The fourth-order valence-corrected chi connectivity index (χ4v) is 4.29. The summed E-state index contributed by atoms with van der Waals surface area (Å²) in [4.78, 5) is 11.1. The SMILES string of the molecule is Cc1c(F)cccc1-c1nc(NSc2cccc(N3CCCCC3)n2)ccc1C(F)(F)F. The van der Waals surface area contributed by atoms with E-state index in [2.05, 4.69) is 19.6 Å². The second-order valence-electron chi connectivity index (χ2n) is 7.59. The first-order chi connectivity index (χ1) is 15.3. The third-order valence-electron chi connectivity index (χ3n) is 5.37. The minimum absolute atomic E-state index is 0.108. The molecule has 0 bridgehead atoms. The number of pyridine rings is 2. The van der Waals surface area contributed by atoms with Gasteiger partial charge in [-0.3, -0.25) is 0 Å². The molecule has 1 fully saturated rings. The predicted octanol–water partition coefficient (Wildman–Crippen LogP) is 6.72. The van der Waals surface area contributed by atoms with Crippen LogP contribution in [-0.2, 0) is 6.18 Å². The number of nitrogens with zero attached hydrogens (tertiary/aromatic N) is 3. The molecule has 1 aliphatic heterocycles. The van der Waals surface area contributed by atoms with E-state index in [9.17, 15) is 17.6 Å². The number of rotatable bonds is 5. The average molecular weight is 463 g/mol. The van der Waals surface area contributed by atoms with E-state index >= 15 is 0 Å². The molecule has 3 aromatic rings. The van der Waals surface area contributed by atoms with Crippen molar-refractivity contribution in [2.45, 2.75) is 37.4 Å². The van der Waals surface area contributed by atoms with Crippen molar-refractivity contribution in [3.05, 3.63) is 65.5 Å². The molecule has 168 valence electrons. The van der Waals surface area contributed by atoms with E-state index in [4.69, 9.17) is 0 Å². The van der Waals surface area contributed by atoms with E-state index < -0.39 is 17.6 Å².